The quantitative estimate of drug-likeness (QED) is 0.576. The lowest BCUT2D eigenvalue weighted by molar-refractivity contribution is -0.113. The highest BCUT2D eigenvalue weighted by atomic mass is 35.5. The molecule has 128 valence electrons. The summed E-state index contributed by atoms with van der Waals surface area (Å²) in [6.07, 6.45) is 1.53. The van der Waals surface area contributed by atoms with Crippen molar-refractivity contribution in [3.8, 4) is 11.3 Å². The smallest absolute Gasteiger partial charge is 0.256 e. The van der Waals surface area contributed by atoms with Gasteiger partial charge in [-0.05, 0) is 42.5 Å². The fraction of sp³-hybridized carbons (Fsp3) is 0.0588. The molecule has 0 unspecified atom stereocenters. The minimum Gasteiger partial charge on any atom is -0.431 e. The number of aromatic nitrogens is 1. The number of carbonyl (C=O) groups excluding carboxylic acids is 1. The SMILES string of the molecule is O=C(CSc1ncc(-c2ccc(F)cc2)o1)Nc1ccc(Cl)c(Cl)c1. The lowest BCUT2D eigenvalue weighted by Crippen LogP contribution is -2.13. The van der Waals surface area contributed by atoms with Crippen molar-refractivity contribution in [1.29, 1.82) is 0 Å². The highest BCUT2D eigenvalue weighted by molar-refractivity contribution is 7.99. The Bertz CT molecular complexity index is 900. The van der Waals surface area contributed by atoms with Crippen LogP contribution >= 0.6 is 35.0 Å². The molecule has 1 N–H and O–H groups in total. The third kappa shape index (κ3) is 4.75. The van der Waals surface area contributed by atoms with Gasteiger partial charge in [-0.15, -0.1) is 0 Å². The van der Waals surface area contributed by atoms with Crippen LogP contribution in [0.4, 0.5) is 10.1 Å². The standard InChI is InChI=1S/C17H11Cl2FN2O2S/c18-13-6-5-12(7-14(13)19)22-16(23)9-25-17-21-8-15(24-17)10-1-3-11(20)4-2-10/h1-8H,9H2,(H,22,23). The molecule has 0 bridgehead atoms. The zero-order chi connectivity index (χ0) is 17.8. The number of halogens is 3. The molecule has 0 saturated heterocycles. The first kappa shape index (κ1) is 17.8. The molecule has 1 amide bonds. The van der Waals surface area contributed by atoms with Crippen LogP contribution in [-0.4, -0.2) is 16.6 Å². The molecule has 0 radical (unpaired) electrons. The lowest BCUT2D eigenvalue weighted by Gasteiger charge is -2.05. The summed E-state index contributed by atoms with van der Waals surface area (Å²) < 4.78 is 18.5. The summed E-state index contributed by atoms with van der Waals surface area (Å²) >= 11 is 12.9. The Morgan fingerprint density at radius 2 is 1.92 bits per heavy atom. The molecule has 0 fully saturated rings. The van der Waals surface area contributed by atoms with Gasteiger partial charge in [0.15, 0.2) is 5.76 Å². The maximum Gasteiger partial charge on any atom is 0.256 e. The summed E-state index contributed by atoms with van der Waals surface area (Å²) in [5.41, 5.74) is 1.26. The number of hydrogen-bond acceptors (Lipinski definition) is 4. The average Bonchev–Trinajstić information content (AvgIpc) is 3.06. The minimum atomic E-state index is -0.322. The Morgan fingerprint density at radius 1 is 1.16 bits per heavy atom. The van der Waals surface area contributed by atoms with Crippen LogP contribution < -0.4 is 5.32 Å². The second kappa shape index (κ2) is 7.91. The van der Waals surface area contributed by atoms with E-state index in [0.29, 0.717) is 32.3 Å². The molecule has 0 aliphatic carbocycles. The second-order valence-corrected chi connectivity index (χ2v) is 6.70. The molecule has 4 nitrogen and oxygen atoms in total. The predicted molar refractivity (Wildman–Crippen MR) is 97.7 cm³/mol. The maximum atomic E-state index is 12.9. The van der Waals surface area contributed by atoms with Crippen LogP contribution in [0.3, 0.4) is 0 Å². The van der Waals surface area contributed by atoms with Crippen molar-refractivity contribution >= 4 is 46.6 Å². The number of hydrogen-bond donors (Lipinski definition) is 1. The highest BCUT2D eigenvalue weighted by Crippen LogP contribution is 2.27. The molecule has 2 aromatic carbocycles. The van der Waals surface area contributed by atoms with Gasteiger partial charge in [0.2, 0.25) is 5.91 Å². The van der Waals surface area contributed by atoms with Gasteiger partial charge < -0.3 is 9.73 Å². The van der Waals surface area contributed by atoms with Gasteiger partial charge in [-0.1, -0.05) is 35.0 Å². The van der Waals surface area contributed by atoms with Gasteiger partial charge in [-0.25, -0.2) is 9.37 Å². The second-order valence-electron chi connectivity index (χ2n) is 4.96. The first-order valence-corrected chi connectivity index (χ1v) is 8.85. The first-order valence-electron chi connectivity index (χ1n) is 7.11. The van der Waals surface area contributed by atoms with Gasteiger partial charge in [0, 0.05) is 11.3 Å². The monoisotopic (exact) mass is 396 g/mol. The van der Waals surface area contributed by atoms with E-state index < -0.39 is 0 Å². The van der Waals surface area contributed by atoms with E-state index in [4.69, 9.17) is 27.6 Å². The van der Waals surface area contributed by atoms with Crippen molar-refractivity contribution in [2.24, 2.45) is 0 Å². The number of oxazole rings is 1. The van der Waals surface area contributed by atoms with Gasteiger partial charge in [0.25, 0.3) is 5.22 Å². The number of amides is 1. The van der Waals surface area contributed by atoms with Crippen molar-refractivity contribution in [1.82, 2.24) is 4.98 Å². The number of rotatable bonds is 5. The zero-order valence-corrected chi connectivity index (χ0v) is 15.0. The molecule has 1 aromatic heterocycles. The average molecular weight is 397 g/mol. The fourth-order valence-electron chi connectivity index (χ4n) is 1.97. The van der Waals surface area contributed by atoms with E-state index in [0.717, 1.165) is 11.8 Å². The summed E-state index contributed by atoms with van der Waals surface area (Å²) in [4.78, 5) is 16.1. The number of nitrogens with zero attached hydrogens (tertiary/aromatic N) is 1. The summed E-state index contributed by atoms with van der Waals surface area (Å²) in [6.45, 7) is 0. The van der Waals surface area contributed by atoms with Crippen molar-refractivity contribution in [2.75, 3.05) is 11.1 Å². The maximum absolute atomic E-state index is 12.9. The van der Waals surface area contributed by atoms with Crippen LogP contribution in [0.5, 0.6) is 0 Å². The molecular formula is C17H11Cl2FN2O2S. The molecule has 0 spiro atoms. The largest absolute Gasteiger partial charge is 0.431 e. The molecule has 1 heterocycles. The van der Waals surface area contributed by atoms with Crippen LogP contribution in [0, 0.1) is 5.82 Å². The molecule has 3 aromatic rings. The molecule has 0 saturated carbocycles. The molecular weight excluding hydrogens is 386 g/mol. The molecule has 8 heteroatoms. The zero-order valence-electron chi connectivity index (χ0n) is 12.6. The summed E-state index contributed by atoms with van der Waals surface area (Å²) in [5.74, 6) is 0.0676. The summed E-state index contributed by atoms with van der Waals surface area (Å²) in [7, 11) is 0. The molecule has 0 aliphatic heterocycles. The van der Waals surface area contributed by atoms with E-state index in [2.05, 4.69) is 10.3 Å². The third-order valence-electron chi connectivity index (χ3n) is 3.14. The number of nitrogens with one attached hydrogen (secondary N) is 1. The lowest BCUT2D eigenvalue weighted by atomic mass is 10.2. The van der Waals surface area contributed by atoms with E-state index in [1.807, 2.05) is 0 Å². The molecule has 3 rings (SSSR count). The summed E-state index contributed by atoms with van der Waals surface area (Å²) in [6, 6.07) is 10.7. The van der Waals surface area contributed by atoms with E-state index in [9.17, 15) is 9.18 Å². The number of carbonyl (C=O) groups is 1. The summed E-state index contributed by atoms with van der Waals surface area (Å²) in [5, 5.41) is 3.84. The van der Waals surface area contributed by atoms with Crippen LogP contribution in [0.15, 0.2) is 58.3 Å². The van der Waals surface area contributed by atoms with Crippen molar-refractivity contribution < 1.29 is 13.6 Å². The Morgan fingerprint density at radius 3 is 2.64 bits per heavy atom. The third-order valence-corrected chi connectivity index (χ3v) is 4.72. The van der Waals surface area contributed by atoms with Gasteiger partial charge in [0.1, 0.15) is 5.82 Å². The van der Waals surface area contributed by atoms with Crippen LogP contribution in [0.1, 0.15) is 0 Å². The number of anilines is 1. The number of benzene rings is 2. The Kier molecular flexibility index (Phi) is 5.63. The molecule has 0 aliphatic rings. The first-order chi connectivity index (χ1) is 12.0. The number of thioether (sulfide) groups is 1. The predicted octanol–water partition coefficient (Wildman–Crippen LogP) is 5.52. The van der Waals surface area contributed by atoms with Crippen LogP contribution in [0.2, 0.25) is 10.0 Å². The Balaban J connectivity index is 1.57. The Hall–Kier alpha value is -2.02. The fourth-order valence-corrected chi connectivity index (χ4v) is 2.87. The molecule has 25 heavy (non-hydrogen) atoms. The normalized spacial score (nSPS) is 10.7. The van der Waals surface area contributed by atoms with Crippen molar-refractivity contribution in [3.05, 3.63) is 64.5 Å². The highest BCUT2D eigenvalue weighted by Gasteiger charge is 2.10. The Labute approximate surface area is 157 Å². The topological polar surface area (TPSA) is 55.1 Å². The van der Waals surface area contributed by atoms with Gasteiger partial charge in [-0.2, -0.15) is 0 Å². The minimum absolute atomic E-state index is 0.115. The van der Waals surface area contributed by atoms with E-state index >= 15 is 0 Å². The van der Waals surface area contributed by atoms with Gasteiger partial charge in [-0.3, -0.25) is 4.79 Å². The van der Waals surface area contributed by atoms with Gasteiger partial charge in [0.05, 0.1) is 22.0 Å². The van der Waals surface area contributed by atoms with Crippen molar-refractivity contribution in [3.63, 3.8) is 0 Å². The van der Waals surface area contributed by atoms with Gasteiger partial charge >= 0.3 is 0 Å². The van der Waals surface area contributed by atoms with E-state index in [-0.39, 0.29) is 17.5 Å². The van der Waals surface area contributed by atoms with E-state index in [1.165, 1.54) is 18.3 Å². The van der Waals surface area contributed by atoms with Crippen molar-refractivity contribution in [2.45, 2.75) is 5.22 Å². The van der Waals surface area contributed by atoms with Crippen LogP contribution in [-0.2, 0) is 4.79 Å². The van der Waals surface area contributed by atoms with E-state index in [1.54, 1.807) is 30.3 Å². The molecule has 0 atom stereocenters. The van der Waals surface area contributed by atoms with Crippen LogP contribution in [0.25, 0.3) is 11.3 Å².